The van der Waals surface area contributed by atoms with Gasteiger partial charge in [-0.2, -0.15) is 0 Å². The van der Waals surface area contributed by atoms with Gasteiger partial charge in [0.05, 0.1) is 24.6 Å². The minimum absolute atomic E-state index is 0.106. The largest absolute Gasteiger partial charge is 0.497 e. The van der Waals surface area contributed by atoms with E-state index in [9.17, 15) is 15.0 Å². The van der Waals surface area contributed by atoms with Crippen molar-refractivity contribution in [2.75, 3.05) is 26.7 Å². The van der Waals surface area contributed by atoms with Crippen molar-refractivity contribution in [2.45, 2.75) is 51.0 Å². The van der Waals surface area contributed by atoms with Crippen molar-refractivity contribution >= 4 is 16.9 Å². The Morgan fingerprint density at radius 2 is 2.06 bits per heavy atom. The summed E-state index contributed by atoms with van der Waals surface area (Å²) in [4.78, 5) is 18.7. The summed E-state index contributed by atoms with van der Waals surface area (Å²) in [5, 5.41) is 21.7. The normalized spacial score (nSPS) is 23.8. The molecule has 1 aromatic carbocycles. The van der Waals surface area contributed by atoms with Crippen molar-refractivity contribution in [3.8, 4) is 5.75 Å². The lowest BCUT2D eigenvalue weighted by Crippen LogP contribution is -2.45. The Labute approximate surface area is 184 Å². The first-order valence-corrected chi connectivity index (χ1v) is 11.6. The summed E-state index contributed by atoms with van der Waals surface area (Å²) in [5.74, 6) is 0.528. The number of carboxylic acids is 1. The number of rotatable bonds is 8. The molecule has 4 rings (SSSR count). The zero-order chi connectivity index (χ0) is 21.8. The number of carbonyl (C=O) groups is 1. The van der Waals surface area contributed by atoms with Crippen molar-refractivity contribution in [3.05, 3.63) is 36.0 Å². The second kappa shape index (κ2) is 9.96. The van der Waals surface area contributed by atoms with Gasteiger partial charge in [0.25, 0.3) is 0 Å². The van der Waals surface area contributed by atoms with Crippen LogP contribution in [0.25, 0.3) is 10.9 Å². The molecule has 2 N–H and O–H groups in total. The first kappa shape index (κ1) is 22.0. The summed E-state index contributed by atoms with van der Waals surface area (Å²) in [6.45, 7) is 2.66. The van der Waals surface area contributed by atoms with E-state index in [-0.39, 0.29) is 11.8 Å². The maximum Gasteiger partial charge on any atom is 0.308 e. The number of nitrogens with zero attached hydrogens (tertiary/aromatic N) is 2. The van der Waals surface area contributed by atoms with Crippen LogP contribution in [-0.2, 0) is 4.79 Å². The number of aromatic nitrogens is 1. The fraction of sp³-hybridized carbons (Fsp3) is 0.600. The summed E-state index contributed by atoms with van der Waals surface area (Å²) < 4.78 is 5.33. The molecule has 2 aromatic rings. The number of methoxy groups -OCH3 is 1. The third-order valence-corrected chi connectivity index (χ3v) is 7.30. The van der Waals surface area contributed by atoms with Crippen LogP contribution in [0.15, 0.2) is 30.5 Å². The van der Waals surface area contributed by atoms with E-state index in [1.807, 2.05) is 24.3 Å². The molecule has 2 fully saturated rings. The number of hydrogen-bond donors (Lipinski definition) is 2. The highest BCUT2D eigenvalue weighted by atomic mass is 16.5. The lowest BCUT2D eigenvalue weighted by atomic mass is 9.81. The average molecular weight is 427 g/mol. The number of benzene rings is 1. The number of likely N-dealkylation sites (tertiary alicyclic amines) is 1. The number of hydrogen-bond acceptors (Lipinski definition) is 5. The van der Waals surface area contributed by atoms with Crippen molar-refractivity contribution in [3.63, 3.8) is 0 Å². The Morgan fingerprint density at radius 3 is 2.81 bits per heavy atom. The molecule has 2 aliphatic rings. The standard InChI is InChI=1S/C25H34N2O4/c1-31-19-7-8-23-21(14-19)20(10-12-26-23)24(28)9-6-18-11-13-27(16-22(18)25(29)30)15-17-4-2-3-5-17/h7-8,10,12,14,17-18,22,24,28H,2-6,9,11,13,15-16H2,1H3,(H,29,30)/t18-,22+,24+/m1/s1. The van der Waals surface area contributed by atoms with Gasteiger partial charge in [-0.15, -0.1) is 0 Å². The lowest BCUT2D eigenvalue weighted by molar-refractivity contribution is -0.146. The van der Waals surface area contributed by atoms with Gasteiger partial charge in [0, 0.05) is 24.7 Å². The second-order valence-corrected chi connectivity index (χ2v) is 9.28. The van der Waals surface area contributed by atoms with Crippen LogP contribution < -0.4 is 4.74 Å². The summed E-state index contributed by atoms with van der Waals surface area (Å²) in [6.07, 6.45) is 8.42. The molecule has 1 saturated heterocycles. The Balaban J connectivity index is 1.40. The molecule has 0 spiro atoms. The first-order chi connectivity index (χ1) is 15.0. The third kappa shape index (κ3) is 5.18. The number of fused-ring (bicyclic) bond motifs is 1. The van der Waals surface area contributed by atoms with E-state index in [2.05, 4.69) is 9.88 Å². The van der Waals surface area contributed by atoms with Gasteiger partial charge in [0.2, 0.25) is 0 Å². The predicted octanol–water partition coefficient (Wildman–Crippen LogP) is 4.27. The molecule has 1 aliphatic carbocycles. The van der Waals surface area contributed by atoms with Gasteiger partial charge in [0.15, 0.2) is 0 Å². The van der Waals surface area contributed by atoms with Gasteiger partial charge in [-0.25, -0.2) is 0 Å². The van der Waals surface area contributed by atoms with Crippen LogP contribution >= 0.6 is 0 Å². The number of piperidine rings is 1. The SMILES string of the molecule is COc1ccc2nccc([C@@H](O)CC[C@@H]3CCN(CC4CCCC4)C[C@@H]3C(=O)O)c2c1. The molecular weight excluding hydrogens is 392 g/mol. The summed E-state index contributed by atoms with van der Waals surface area (Å²) >= 11 is 0. The van der Waals surface area contributed by atoms with E-state index in [1.54, 1.807) is 13.3 Å². The van der Waals surface area contributed by atoms with E-state index < -0.39 is 12.1 Å². The zero-order valence-corrected chi connectivity index (χ0v) is 18.4. The van der Waals surface area contributed by atoms with E-state index in [1.165, 1.54) is 25.7 Å². The number of pyridine rings is 1. The highest BCUT2D eigenvalue weighted by Crippen LogP contribution is 2.35. The molecule has 1 aliphatic heterocycles. The Hall–Kier alpha value is -2.18. The maximum atomic E-state index is 12.0. The fourth-order valence-corrected chi connectivity index (χ4v) is 5.51. The molecule has 168 valence electrons. The number of aliphatic hydroxyl groups is 1. The van der Waals surface area contributed by atoms with Crippen molar-refractivity contribution in [2.24, 2.45) is 17.8 Å². The quantitative estimate of drug-likeness (QED) is 0.656. The smallest absolute Gasteiger partial charge is 0.308 e. The van der Waals surface area contributed by atoms with Gasteiger partial charge in [-0.1, -0.05) is 12.8 Å². The van der Waals surface area contributed by atoms with Crippen LogP contribution in [0.2, 0.25) is 0 Å². The highest BCUT2D eigenvalue weighted by Gasteiger charge is 2.35. The molecule has 0 unspecified atom stereocenters. The Bertz CT molecular complexity index is 896. The topological polar surface area (TPSA) is 82.9 Å². The predicted molar refractivity (Wildman–Crippen MR) is 120 cm³/mol. The molecule has 0 amide bonds. The van der Waals surface area contributed by atoms with Crippen LogP contribution in [0, 0.1) is 17.8 Å². The molecule has 6 heteroatoms. The lowest BCUT2D eigenvalue weighted by Gasteiger charge is -2.38. The van der Waals surface area contributed by atoms with Gasteiger partial charge in [-0.05, 0) is 80.3 Å². The van der Waals surface area contributed by atoms with E-state index in [0.29, 0.717) is 19.4 Å². The van der Waals surface area contributed by atoms with Crippen LogP contribution in [0.4, 0.5) is 0 Å². The van der Waals surface area contributed by atoms with E-state index in [0.717, 1.165) is 47.6 Å². The molecule has 2 heterocycles. The van der Waals surface area contributed by atoms with Gasteiger partial charge in [0.1, 0.15) is 5.75 Å². The molecule has 31 heavy (non-hydrogen) atoms. The van der Waals surface area contributed by atoms with Gasteiger partial charge < -0.3 is 19.8 Å². The summed E-state index contributed by atoms with van der Waals surface area (Å²) in [5.41, 5.74) is 1.65. The highest BCUT2D eigenvalue weighted by molar-refractivity contribution is 5.83. The first-order valence-electron chi connectivity index (χ1n) is 11.6. The van der Waals surface area contributed by atoms with Crippen molar-refractivity contribution in [1.29, 1.82) is 0 Å². The fourth-order valence-electron chi connectivity index (χ4n) is 5.51. The number of aliphatic carboxylic acids is 1. The van der Waals surface area contributed by atoms with E-state index in [4.69, 9.17) is 4.74 Å². The number of aliphatic hydroxyl groups excluding tert-OH is 1. The minimum atomic E-state index is -0.699. The van der Waals surface area contributed by atoms with Gasteiger partial charge >= 0.3 is 5.97 Å². The van der Waals surface area contributed by atoms with Gasteiger partial charge in [-0.3, -0.25) is 9.78 Å². The number of ether oxygens (including phenoxy) is 1. The molecule has 0 radical (unpaired) electrons. The van der Waals surface area contributed by atoms with Crippen LogP contribution in [0.3, 0.4) is 0 Å². The molecule has 1 aromatic heterocycles. The van der Waals surface area contributed by atoms with Crippen LogP contribution in [-0.4, -0.2) is 52.8 Å². The second-order valence-electron chi connectivity index (χ2n) is 9.28. The van der Waals surface area contributed by atoms with Crippen LogP contribution in [0.5, 0.6) is 5.75 Å². The molecule has 0 bridgehead atoms. The third-order valence-electron chi connectivity index (χ3n) is 7.30. The average Bonchev–Trinajstić information content (AvgIpc) is 3.30. The minimum Gasteiger partial charge on any atom is -0.497 e. The monoisotopic (exact) mass is 426 g/mol. The van der Waals surface area contributed by atoms with Crippen LogP contribution in [0.1, 0.15) is 56.6 Å². The van der Waals surface area contributed by atoms with Crippen molar-refractivity contribution in [1.82, 2.24) is 9.88 Å². The molecule has 6 nitrogen and oxygen atoms in total. The molecule has 1 saturated carbocycles. The maximum absolute atomic E-state index is 12.0. The molecular formula is C25H34N2O4. The zero-order valence-electron chi connectivity index (χ0n) is 18.4. The summed E-state index contributed by atoms with van der Waals surface area (Å²) in [7, 11) is 1.62. The van der Waals surface area contributed by atoms with E-state index >= 15 is 0 Å². The Kier molecular flexibility index (Phi) is 7.08. The number of carboxylic acid groups (broad SMARTS) is 1. The Morgan fingerprint density at radius 1 is 1.26 bits per heavy atom. The van der Waals surface area contributed by atoms with Crippen molar-refractivity contribution < 1.29 is 19.7 Å². The summed E-state index contributed by atoms with van der Waals surface area (Å²) in [6, 6.07) is 7.51. The molecule has 3 atom stereocenters.